The van der Waals surface area contributed by atoms with E-state index in [1.54, 1.807) is 11.3 Å². The van der Waals surface area contributed by atoms with Gasteiger partial charge in [0.05, 0.1) is 19.3 Å². The Kier molecular flexibility index (Phi) is 6.81. The average Bonchev–Trinajstić information content (AvgIpc) is 3.48. The van der Waals surface area contributed by atoms with Gasteiger partial charge in [-0.3, -0.25) is 0 Å². The lowest BCUT2D eigenvalue weighted by Crippen LogP contribution is -2.46. The maximum atomic E-state index is 12.7. The summed E-state index contributed by atoms with van der Waals surface area (Å²) in [6.45, 7) is 6.95. The second-order valence-corrected chi connectivity index (χ2v) is 10.7. The van der Waals surface area contributed by atoms with Crippen LogP contribution >= 0.6 is 11.3 Å². The fourth-order valence-electron chi connectivity index (χ4n) is 5.09. The lowest BCUT2D eigenvalue weighted by molar-refractivity contribution is 0.0525. The molecule has 2 amide bonds. The van der Waals surface area contributed by atoms with E-state index in [1.165, 1.54) is 16.7 Å². The molecule has 2 aliphatic carbocycles. The molecular formula is C26H33N5O2S. The molecule has 0 bridgehead atoms. The number of amides is 2. The number of nitrogens with two attached hydrogens (primary N) is 1. The normalized spacial score (nSPS) is 22.4. The van der Waals surface area contributed by atoms with Crippen LogP contribution in [0.2, 0.25) is 0 Å². The molecule has 1 aromatic carbocycles. The zero-order valence-corrected chi connectivity index (χ0v) is 20.7. The summed E-state index contributed by atoms with van der Waals surface area (Å²) < 4.78 is 5.37. The molecule has 0 radical (unpaired) electrons. The Morgan fingerprint density at radius 2 is 2.03 bits per heavy atom. The van der Waals surface area contributed by atoms with Crippen LogP contribution in [0.4, 0.5) is 4.79 Å². The van der Waals surface area contributed by atoms with Gasteiger partial charge in [0.25, 0.3) is 0 Å². The molecule has 1 saturated heterocycles. The summed E-state index contributed by atoms with van der Waals surface area (Å²) in [5, 5.41) is 14.2. The van der Waals surface area contributed by atoms with E-state index < -0.39 is 0 Å². The molecule has 7 nitrogen and oxygen atoms in total. The highest BCUT2D eigenvalue weighted by Crippen LogP contribution is 2.40. The summed E-state index contributed by atoms with van der Waals surface area (Å²) >= 11 is 1.63. The van der Waals surface area contributed by atoms with Gasteiger partial charge in [0, 0.05) is 24.7 Å². The molecule has 2 heterocycles. The second-order valence-electron chi connectivity index (χ2n) is 9.77. The second kappa shape index (κ2) is 9.98. The van der Waals surface area contributed by atoms with Crippen molar-refractivity contribution in [3.05, 3.63) is 52.1 Å². The fraction of sp³-hybridized carbons (Fsp3) is 0.500. The molecule has 2 aromatic rings. The Morgan fingerprint density at radius 1 is 1.24 bits per heavy atom. The van der Waals surface area contributed by atoms with Gasteiger partial charge in [0.2, 0.25) is 0 Å². The maximum Gasteiger partial charge on any atom is 0.318 e. The molecule has 3 N–H and O–H groups in total. The van der Waals surface area contributed by atoms with Gasteiger partial charge in [-0.15, -0.1) is 10.2 Å². The lowest BCUT2D eigenvalue weighted by Gasteiger charge is -2.28. The zero-order chi connectivity index (χ0) is 23.7. The standard InChI is InChI=1S/C26H33N5O2S/c1-16(2)14-17-6-7-18(15-22(17)27)24-29-30-25(34-24)21-5-3-4-20-19(21)8-9-23(20)28-26(32)31-10-12-33-13-11-31/h3-7,16,22-23H,8-15,27H2,1-2H3,(H,28,32)/t22?,23-/m1/s1. The summed E-state index contributed by atoms with van der Waals surface area (Å²) in [5.41, 5.74) is 12.5. The van der Waals surface area contributed by atoms with Crippen LogP contribution in [0.15, 0.2) is 35.9 Å². The van der Waals surface area contributed by atoms with Crippen molar-refractivity contribution in [1.29, 1.82) is 0 Å². The Balaban J connectivity index is 1.33. The van der Waals surface area contributed by atoms with Crippen molar-refractivity contribution in [2.45, 2.75) is 51.6 Å². The number of hydrogen-bond acceptors (Lipinski definition) is 6. The van der Waals surface area contributed by atoms with Crippen LogP contribution < -0.4 is 11.1 Å². The summed E-state index contributed by atoms with van der Waals surface area (Å²) in [6, 6.07) is 6.38. The highest BCUT2D eigenvalue weighted by Gasteiger charge is 2.29. The van der Waals surface area contributed by atoms with Crippen LogP contribution in [-0.2, 0) is 11.2 Å². The Bertz CT molecular complexity index is 1120. The van der Waals surface area contributed by atoms with E-state index in [1.807, 2.05) is 4.90 Å². The molecule has 8 heteroatoms. The van der Waals surface area contributed by atoms with Crippen molar-refractivity contribution in [3.63, 3.8) is 0 Å². The van der Waals surface area contributed by atoms with Crippen molar-refractivity contribution in [2.24, 2.45) is 11.7 Å². The predicted octanol–water partition coefficient (Wildman–Crippen LogP) is 4.32. The summed E-state index contributed by atoms with van der Waals surface area (Å²) in [4.78, 5) is 14.6. The van der Waals surface area contributed by atoms with E-state index in [2.05, 4.69) is 59.7 Å². The molecule has 3 aliphatic rings. The van der Waals surface area contributed by atoms with Gasteiger partial charge < -0.3 is 20.7 Å². The predicted molar refractivity (Wildman–Crippen MR) is 135 cm³/mol. The van der Waals surface area contributed by atoms with Crippen LogP contribution in [0.5, 0.6) is 0 Å². The molecule has 2 atom stereocenters. The van der Waals surface area contributed by atoms with Crippen molar-refractivity contribution >= 4 is 22.9 Å². The van der Waals surface area contributed by atoms with Gasteiger partial charge in [0.1, 0.15) is 10.0 Å². The van der Waals surface area contributed by atoms with Gasteiger partial charge in [-0.2, -0.15) is 0 Å². The number of fused-ring (bicyclic) bond motifs is 1. The number of rotatable bonds is 5. The van der Waals surface area contributed by atoms with Gasteiger partial charge >= 0.3 is 6.03 Å². The molecule has 1 aromatic heterocycles. The monoisotopic (exact) mass is 479 g/mol. The van der Waals surface area contributed by atoms with Crippen LogP contribution in [0.25, 0.3) is 16.1 Å². The Morgan fingerprint density at radius 3 is 2.79 bits per heavy atom. The maximum absolute atomic E-state index is 12.7. The lowest BCUT2D eigenvalue weighted by atomic mass is 9.89. The Hall–Kier alpha value is -2.55. The van der Waals surface area contributed by atoms with Crippen LogP contribution in [-0.4, -0.2) is 53.5 Å². The number of nitrogens with zero attached hydrogens (tertiary/aromatic N) is 3. The Labute approximate surface area is 205 Å². The molecule has 5 rings (SSSR count). The fourth-order valence-corrected chi connectivity index (χ4v) is 6.02. The van der Waals surface area contributed by atoms with Gasteiger partial charge in [-0.05, 0) is 48.3 Å². The molecule has 1 fully saturated rings. The third-order valence-electron chi connectivity index (χ3n) is 6.86. The van der Waals surface area contributed by atoms with Crippen LogP contribution in [0, 0.1) is 5.92 Å². The minimum Gasteiger partial charge on any atom is -0.378 e. The molecule has 0 saturated carbocycles. The zero-order valence-electron chi connectivity index (χ0n) is 19.9. The van der Waals surface area contributed by atoms with E-state index in [4.69, 9.17) is 10.5 Å². The summed E-state index contributed by atoms with van der Waals surface area (Å²) in [7, 11) is 0. The quantitative estimate of drug-likeness (QED) is 0.666. The molecular weight excluding hydrogens is 446 g/mol. The van der Waals surface area contributed by atoms with E-state index >= 15 is 0 Å². The highest BCUT2D eigenvalue weighted by atomic mass is 32.1. The smallest absolute Gasteiger partial charge is 0.318 e. The van der Waals surface area contributed by atoms with Crippen molar-refractivity contribution in [3.8, 4) is 10.6 Å². The largest absolute Gasteiger partial charge is 0.378 e. The third-order valence-corrected chi connectivity index (χ3v) is 7.89. The summed E-state index contributed by atoms with van der Waals surface area (Å²) in [5.74, 6) is 0.600. The van der Waals surface area contributed by atoms with E-state index in [-0.39, 0.29) is 18.1 Å². The van der Waals surface area contributed by atoms with Crippen molar-refractivity contribution < 1.29 is 9.53 Å². The van der Waals surface area contributed by atoms with Gasteiger partial charge in [0.15, 0.2) is 0 Å². The number of allylic oxidation sites excluding steroid dienone is 2. The van der Waals surface area contributed by atoms with Gasteiger partial charge in [-0.1, -0.05) is 61.1 Å². The SMILES string of the molecule is CC(C)CC1=CC=C(c2nnc(-c3cccc4c3CC[C@H]4NC(=O)N3CCOCC3)s2)CC1N. The summed E-state index contributed by atoms with van der Waals surface area (Å²) in [6.07, 6.45) is 7.99. The molecule has 180 valence electrons. The van der Waals surface area contributed by atoms with Gasteiger partial charge in [-0.25, -0.2) is 4.79 Å². The number of benzene rings is 1. The van der Waals surface area contributed by atoms with E-state index in [0.717, 1.165) is 46.8 Å². The van der Waals surface area contributed by atoms with Crippen LogP contribution in [0.3, 0.4) is 0 Å². The molecule has 34 heavy (non-hydrogen) atoms. The van der Waals surface area contributed by atoms with E-state index in [0.29, 0.717) is 32.2 Å². The number of carbonyl (C=O) groups is 1. The molecule has 0 spiro atoms. The first-order valence-corrected chi connectivity index (χ1v) is 13.1. The number of hydrogen-bond donors (Lipinski definition) is 2. The van der Waals surface area contributed by atoms with Crippen molar-refractivity contribution in [2.75, 3.05) is 26.3 Å². The number of carbonyl (C=O) groups excluding carboxylic acids is 1. The number of aromatic nitrogens is 2. The highest BCUT2D eigenvalue weighted by molar-refractivity contribution is 7.15. The topological polar surface area (TPSA) is 93.4 Å². The minimum absolute atomic E-state index is 0.00443. The number of morpholine rings is 1. The number of ether oxygens (including phenoxy) is 1. The van der Waals surface area contributed by atoms with Crippen molar-refractivity contribution in [1.82, 2.24) is 20.4 Å². The number of urea groups is 1. The first-order valence-electron chi connectivity index (χ1n) is 12.2. The molecule has 1 unspecified atom stereocenters. The average molecular weight is 480 g/mol. The first kappa shape index (κ1) is 23.2. The number of nitrogens with one attached hydrogen (secondary N) is 1. The third kappa shape index (κ3) is 4.80. The van der Waals surface area contributed by atoms with E-state index in [9.17, 15) is 4.79 Å². The first-order chi connectivity index (χ1) is 16.5. The molecule has 1 aliphatic heterocycles. The van der Waals surface area contributed by atoms with Crippen LogP contribution in [0.1, 0.15) is 55.3 Å². The minimum atomic E-state index is -0.00443.